The van der Waals surface area contributed by atoms with Crippen molar-refractivity contribution in [3.8, 4) is 0 Å². The maximum atomic E-state index is 11.6. The molecule has 6 heteroatoms. The second-order valence-electron chi connectivity index (χ2n) is 3.48. The summed E-state index contributed by atoms with van der Waals surface area (Å²) >= 11 is 5.77. The third-order valence-electron chi connectivity index (χ3n) is 2.42. The van der Waals surface area contributed by atoms with Gasteiger partial charge in [0.25, 0.3) is 0 Å². The summed E-state index contributed by atoms with van der Waals surface area (Å²) < 4.78 is 1.19. The van der Waals surface area contributed by atoms with Crippen LogP contribution in [-0.4, -0.2) is 20.6 Å². The summed E-state index contributed by atoms with van der Waals surface area (Å²) in [5.74, 6) is -1.06. The zero-order chi connectivity index (χ0) is 11.9. The fourth-order valence-electron chi connectivity index (χ4n) is 1.60. The number of nitrogens with one attached hydrogen (secondary N) is 1. The minimum absolute atomic E-state index is 0.452. The molecule has 1 unspecified atom stereocenters. The van der Waals surface area contributed by atoms with Crippen LogP contribution < -0.4 is 5.69 Å². The van der Waals surface area contributed by atoms with Crippen molar-refractivity contribution in [1.29, 1.82) is 0 Å². The molecular weight excluding hydrogens is 232 g/mol. The molecule has 0 saturated carbocycles. The van der Waals surface area contributed by atoms with Gasteiger partial charge in [0.2, 0.25) is 0 Å². The number of hydrogen-bond donors (Lipinski definition) is 2. The molecule has 0 aliphatic carbocycles. The van der Waals surface area contributed by atoms with E-state index in [9.17, 15) is 9.59 Å². The molecule has 1 heterocycles. The molecule has 2 N–H and O–H groups in total. The van der Waals surface area contributed by atoms with Crippen LogP contribution in [0.2, 0.25) is 5.02 Å². The highest BCUT2D eigenvalue weighted by Crippen LogP contribution is 2.19. The minimum Gasteiger partial charge on any atom is -0.480 e. The first-order valence-electron chi connectivity index (χ1n) is 4.63. The topological polar surface area (TPSA) is 75.1 Å². The fraction of sp³-hybridized carbons (Fsp3) is 0.200. The van der Waals surface area contributed by atoms with Crippen LogP contribution in [0.5, 0.6) is 0 Å². The quantitative estimate of drug-likeness (QED) is 0.838. The van der Waals surface area contributed by atoms with Gasteiger partial charge in [0.05, 0.1) is 11.0 Å². The smallest absolute Gasteiger partial charge is 0.327 e. The zero-order valence-corrected chi connectivity index (χ0v) is 9.15. The van der Waals surface area contributed by atoms with Crippen LogP contribution in [0.1, 0.15) is 13.0 Å². The molecule has 16 heavy (non-hydrogen) atoms. The Balaban J connectivity index is 2.74. The number of aromatic amines is 1. The maximum absolute atomic E-state index is 11.6. The zero-order valence-electron chi connectivity index (χ0n) is 8.40. The van der Waals surface area contributed by atoms with Crippen LogP contribution in [0.4, 0.5) is 0 Å². The van der Waals surface area contributed by atoms with Gasteiger partial charge in [0, 0.05) is 5.02 Å². The minimum atomic E-state index is -1.06. The first-order valence-corrected chi connectivity index (χ1v) is 5.01. The van der Waals surface area contributed by atoms with Crippen molar-refractivity contribution in [2.24, 2.45) is 0 Å². The molecule has 2 aromatic rings. The van der Waals surface area contributed by atoms with Crippen LogP contribution in [0.25, 0.3) is 11.0 Å². The summed E-state index contributed by atoms with van der Waals surface area (Å²) in [4.78, 5) is 25.0. The molecular formula is C10H9ClN2O3. The van der Waals surface area contributed by atoms with Crippen LogP contribution in [-0.2, 0) is 4.79 Å². The molecule has 2 rings (SSSR count). The van der Waals surface area contributed by atoms with E-state index >= 15 is 0 Å². The summed E-state index contributed by atoms with van der Waals surface area (Å²) in [7, 11) is 0. The van der Waals surface area contributed by atoms with Crippen molar-refractivity contribution in [1.82, 2.24) is 9.55 Å². The highest BCUT2D eigenvalue weighted by atomic mass is 35.5. The number of nitrogens with zero attached hydrogens (tertiary/aromatic N) is 1. The molecule has 0 amide bonds. The number of carboxylic acid groups (broad SMARTS) is 1. The summed E-state index contributed by atoms with van der Waals surface area (Å²) in [6.07, 6.45) is 0. The first kappa shape index (κ1) is 10.8. The van der Waals surface area contributed by atoms with Gasteiger partial charge in [-0.25, -0.2) is 9.59 Å². The summed E-state index contributed by atoms with van der Waals surface area (Å²) in [6.45, 7) is 1.45. The van der Waals surface area contributed by atoms with Gasteiger partial charge < -0.3 is 10.1 Å². The lowest BCUT2D eigenvalue weighted by atomic mass is 10.3. The Morgan fingerprint density at radius 3 is 2.88 bits per heavy atom. The van der Waals surface area contributed by atoms with E-state index in [-0.39, 0.29) is 0 Å². The summed E-state index contributed by atoms with van der Waals surface area (Å²) in [6, 6.07) is 3.91. The van der Waals surface area contributed by atoms with Crippen molar-refractivity contribution in [3.05, 3.63) is 33.7 Å². The normalized spacial score (nSPS) is 12.9. The van der Waals surface area contributed by atoms with Gasteiger partial charge in [-0.3, -0.25) is 4.57 Å². The second-order valence-corrected chi connectivity index (χ2v) is 3.91. The van der Waals surface area contributed by atoms with Gasteiger partial charge in [-0.15, -0.1) is 0 Å². The van der Waals surface area contributed by atoms with E-state index in [4.69, 9.17) is 16.7 Å². The van der Waals surface area contributed by atoms with Crippen molar-refractivity contribution >= 4 is 28.6 Å². The maximum Gasteiger partial charge on any atom is 0.327 e. The standard InChI is InChI=1S/C10H9ClN2O3/c1-5(9(14)15)13-8-3-2-6(11)4-7(8)12-10(13)16/h2-5H,1H3,(H,12,16)(H,14,15). The Kier molecular flexibility index (Phi) is 2.47. The van der Waals surface area contributed by atoms with E-state index in [0.717, 1.165) is 0 Å². The largest absolute Gasteiger partial charge is 0.480 e. The molecule has 0 aliphatic rings. The number of aliphatic carboxylic acids is 1. The Morgan fingerprint density at radius 1 is 1.56 bits per heavy atom. The molecule has 84 valence electrons. The van der Waals surface area contributed by atoms with E-state index in [1.165, 1.54) is 11.5 Å². The highest BCUT2D eigenvalue weighted by Gasteiger charge is 2.18. The number of carboxylic acids is 1. The predicted octanol–water partition coefficient (Wildman–Crippen LogP) is 1.63. The number of fused-ring (bicyclic) bond motifs is 1. The van der Waals surface area contributed by atoms with Gasteiger partial charge in [-0.2, -0.15) is 0 Å². The van der Waals surface area contributed by atoms with Crippen LogP contribution in [0.15, 0.2) is 23.0 Å². The van der Waals surface area contributed by atoms with Crippen LogP contribution in [0, 0.1) is 0 Å². The van der Waals surface area contributed by atoms with E-state index in [0.29, 0.717) is 16.1 Å². The van der Waals surface area contributed by atoms with E-state index in [1.807, 2.05) is 0 Å². The lowest BCUT2D eigenvalue weighted by Gasteiger charge is -2.07. The Labute approximate surface area is 95.3 Å². The predicted molar refractivity (Wildman–Crippen MR) is 59.9 cm³/mol. The monoisotopic (exact) mass is 240 g/mol. The van der Waals surface area contributed by atoms with Crippen molar-refractivity contribution in [3.63, 3.8) is 0 Å². The van der Waals surface area contributed by atoms with Crippen molar-refractivity contribution < 1.29 is 9.90 Å². The highest BCUT2D eigenvalue weighted by molar-refractivity contribution is 6.31. The molecule has 5 nitrogen and oxygen atoms in total. The summed E-state index contributed by atoms with van der Waals surface area (Å²) in [5.41, 5.74) is 0.613. The fourth-order valence-corrected chi connectivity index (χ4v) is 1.77. The molecule has 1 atom stereocenters. The SMILES string of the molecule is CC(C(=O)O)n1c(=O)[nH]c2cc(Cl)ccc21. The lowest BCUT2D eigenvalue weighted by Crippen LogP contribution is -2.25. The van der Waals surface area contributed by atoms with Crippen molar-refractivity contribution in [2.75, 3.05) is 0 Å². The third kappa shape index (κ3) is 1.59. The Morgan fingerprint density at radius 2 is 2.25 bits per heavy atom. The molecule has 1 aromatic heterocycles. The van der Waals surface area contributed by atoms with E-state index in [2.05, 4.69) is 4.98 Å². The van der Waals surface area contributed by atoms with Gasteiger partial charge >= 0.3 is 11.7 Å². The van der Waals surface area contributed by atoms with Gasteiger partial charge in [-0.05, 0) is 25.1 Å². The average molecular weight is 241 g/mol. The molecule has 0 bridgehead atoms. The van der Waals surface area contributed by atoms with Crippen LogP contribution in [0.3, 0.4) is 0 Å². The molecule has 0 radical (unpaired) electrons. The number of aromatic nitrogens is 2. The van der Waals surface area contributed by atoms with E-state index in [1.54, 1.807) is 18.2 Å². The number of rotatable bonds is 2. The van der Waals surface area contributed by atoms with Gasteiger partial charge in [0.1, 0.15) is 6.04 Å². The van der Waals surface area contributed by atoms with Crippen LogP contribution >= 0.6 is 11.6 Å². The number of benzene rings is 1. The molecule has 0 spiro atoms. The van der Waals surface area contributed by atoms with E-state index < -0.39 is 17.7 Å². The number of H-pyrrole nitrogens is 1. The molecule has 0 saturated heterocycles. The number of carbonyl (C=O) groups is 1. The van der Waals surface area contributed by atoms with Crippen molar-refractivity contribution in [2.45, 2.75) is 13.0 Å². The summed E-state index contributed by atoms with van der Waals surface area (Å²) in [5, 5.41) is 9.38. The third-order valence-corrected chi connectivity index (χ3v) is 2.66. The molecule has 0 fully saturated rings. The first-order chi connectivity index (χ1) is 7.50. The molecule has 0 aliphatic heterocycles. The number of halogens is 1. The Bertz CT molecular complexity index is 614. The van der Waals surface area contributed by atoms with Gasteiger partial charge in [0.15, 0.2) is 0 Å². The molecule has 1 aromatic carbocycles. The average Bonchev–Trinajstić information content (AvgIpc) is 2.51. The van der Waals surface area contributed by atoms with Gasteiger partial charge in [-0.1, -0.05) is 11.6 Å². The second kappa shape index (κ2) is 3.68. The lowest BCUT2D eigenvalue weighted by molar-refractivity contribution is -0.140. The number of imidazole rings is 1. The number of hydrogen-bond acceptors (Lipinski definition) is 2. The Hall–Kier alpha value is -1.75.